The fourth-order valence-electron chi connectivity index (χ4n) is 1.08. The molecule has 0 saturated carbocycles. The van der Waals surface area contributed by atoms with E-state index in [-0.39, 0.29) is 12.6 Å². The fourth-order valence-corrected chi connectivity index (χ4v) is 1.08. The van der Waals surface area contributed by atoms with Gasteiger partial charge in [-0.15, -0.1) is 0 Å². The third-order valence-electron chi connectivity index (χ3n) is 2.02. The van der Waals surface area contributed by atoms with Gasteiger partial charge in [-0.05, 0) is 12.8 Å². The van der Waals surface area contributed by atoms with Crippen molar-refractivity contribution in [3.8, 4) is 0 Å². The van der Waals surface area contributed by atoms with E-state index in [0.717, 1.165) is 12.8 Å². The molecule has 0 atom stereocenters. The van der Waals surface area contributed by atoms with Gasteiger partial charge in [0.05, 0.1) is 6.54 Å². The van der Waals surface area contributed by atoms with Crippen LogP contribution in [0.2, 0.25) is 0 Å². The quantitative estimate of drug-likeness (QED) is 0.719. The number of rotatable bonds is 6. The van der Waals surface area contributed by atoms with Gasteiger partial charge in [-0.1, -0.05) is 13.8 Å². The van der Waals surface area contributed by atoms with Crippen molar-refractivity contribution >= 4 is 5.91 Å². The molecule has 0 unspecified atom stereocenters. The maximum atomic E-state index is 11.7. The molecule has 0 aromatic heterocycles. The lowest BCUT2D eigenvalue weighted by Crippen LogP contribution is -2.41. The molecule has 0 aliphatic rings. The number of hydrogen-bond acceptors (Lipinski definition) is 2. The first-order chi connectivity index (χ1) is 6.89. The molecule has 0 radical (unpaired) electrons. The minimum Gasteiger partial charge on any atom is -0.346 e. The Morgan fingerprint density at radius 2 is 1.80 bits per heavy atom. The van der Waals surface area contributed by atoms with Gasteiger partial charge in [0.25, 0.3) is 0 Å². The SMILES string of the molecule is CCC(CC)NCC(=O)NCC(F)(F)F. The smallest absolute Gasteiger partial charge is 0.346 e. The van der Waals surface area contributed by atoms with Crippen LogP contribution in [0.4, 0.5) is 13.2 Å². The van der Waals surface area contributed by atoms with Crippen LogP contribution in [0.5, 0.6) is 0 Å². The van der Waals surface area contributed by atoms with Crippen LogP contribution in [0.25, 0.3) is 0 Å². The number of carbonyl (C=O) groups is 1. The van der Waals surface area contributed by atoms with E-state index in [2.05, 4.69) is 5.32 Å². The monoisotopic (exact) mass is 226 g/mol. The highest BCUT2D eigenvalue weighted by Crippen LogP contribution is 2.11. The number of alkyl halides is 3. The molecule has 0 aromatic rings. The maximum absolute atomic E-state index is 11.7. The number of carbonyl (C=O) groups excluding carboxylic acids is 1. The lowest BCUT2D eigenvalue weighted by Gasteiger charge is -2.14. The van der Waals surface area contributed by atoms with Gasteiger partial charge >= 0.3 is 6.18 Å². The van der Waals surface area contributed by atoms with Gasteiger partial charge < -0.3 is 10.6 Å². The van der Waals surface area contributed by atoms with Crippen LogP contribution in [-0.2, 0) is 4.79 Å². The largest absolute Gasteiger partial charge is 0.405 e. The molecule has 0 spiro atoms. The van der Waals surface area contributed by atoms with Gasteiger partial charge in [-0.3, -0.25) is 4.79 Å². The van der Waals surface area contributed by atoms with Gasteiger partial charge in [0.15, 0.2) is 0 Å². The predicted molar refractivity (Wildman–Crippen MR) is 51.4 cm³/mol. The van der Waals surface area contributed by atoms with Crippen molar-refractivity contribution in [3.05, 3.63) is 0 Å². The summed E-state index contributed by atoms with van der Waals surface area (Å²) in [5.41, 5.74) is 0. The van der Waals surface area contributed by atoms with E-state index in [0.29, 0.717) is 0 Å². The Balaban J connectivity index is 3.66. The molecule has 0 aromatic carbocycles. The predicted octanol–water partition coefficient (Wildman–Crippen LogP) is 1.44. The van der Waals surface area contributed by atoms with E-state index in [1.807, 2.05) is 13.8 Å². The average Bonchev–Trinajstić information content (AvgIpc) is 2.15. The Bertz CT molecular complexity index is 190. The molecule has 0 heterocycles. The van der Waals surface area contributed by atoms with Crippen molar-refractivity contribution in [2.24, 2.45) is 0 Å². The summed E-state index contributed by atoms with van der Waals surface area (Å²) in [6, 6.07) is 0.182. The Kier molecular flexibility index (Phi) is 6.31. The first-order valence-electron chi connectivity index (χ1n) is 4.95. The van der Waals surface area contributed by atoms with Crippen LogP contribution in [-0.4, -0.2) is 31.2 Å². The second-order valence-corrected chi connectivity index (χ2v) is 3.29. The molecule has 15 heavy (non-hydrogen) atoms. The third-order valence-corrected chi connectivity index (χ3v) is 2.02. The first-order valence-corrected chi connectivity index (χ1v) is 4.95. The average molecular weight is 226 g/mol. The summed E-state index contributed by atoms with van der Waals surface area (Å²) in [6.07, 6.45) is -2.64. The molecule has 3 nitrogen and oxygen atoms in total. The van der Waals surface area contributed by atoms with Crippen LogP contribution in [0.1, 0.15) is 26.7 Å². The molecule has 0 aliphatic heterocycles. The number of nitrogens with one attached hydrogen (secondary N) is 2. The van der Waals surface area contributed by atoms with E-state index >= 15 is 0 Å². The van der Waals surface area contributed by atoms with Gasteiger partial charge in [0, 0.05) is 6.04 Å². The molecular formula is C9H17F3N2O. The van der Waals surface area contributed by atoms with Crippen LogP contribution >= 0.6 is 0 Å². The van der Waals surface area contributed by atoms with Crippen LogP contribution in [0.15, 0.2) is 0 Å². The van der Waals surface area contributed by atoms with Crippen LogP contribution < -0.4 is 10.6 Å². The van der Waals surface area contributed by atoms with Crippen LogP contribution in [0.3, 0.4) is 0 Å². The van der Waals surface area contributed by atoms with E-state index in [1.165, 1.54) is 0 Å². The Hall–Kier alpha value is -0.780. The Labute approximate surface area is 87.4 Å². The second-order valence-electron chi connectivity index (χ2n) is 3.29. The molecule has 0 saturated heterocycles. The van der Waals surface area contributed by atoms with E-state index < -0.39 is 18.6 Å². The Morgan fingerprint density at radius 3 is 2.20 bits per heavy atom. The third kappa shape index (κ3) is 8.23. The highest BCUT2D eigenvalue weighted by atomic mass is 19.4. The summed E-state index contributed by atoms with van der Waals surface area (Å²) in [4.78, 5) is 11.0. The van der Waals surface area contributed by atoms with Crippen molar-refractivity contribution in [1.29, 1.82) is 0 Å². The summed E-state index contributed by atoms with van der Waals surface area (Å²) < 4.78 is 35.1. The maximum Gasteiger partial charge on any atom is 0.405 e. The van der Waals surface area contributed by atoms with Crippen LogP contribution in [0, 0.1) is 0 Å². The molecule has 0 rings (SSSR count). The van der Waals surface area contributed by atoms with Crippen molar-refractivity contribution < 1.29 is 18.0 Å². The molecule has 2 N–H and O–H groups in total. The summed E-state index contributed by atoms with van der Waals surface area (Å²) in [5.74, 6) is -0.626. The minimum atomic E-state index is -4.34. The molecule has 0 aliphatic carbocycles. The highest BCUT2D eigenvalue weighted by Gasteiger charge is 2.27. The van der Waals surface area contributed by atoms with Crippen molar-refractivity contribution in [2.45, 2.75) is 38.9 Å². The van der Waals surface area contributed by atoms with Gasteiger partial charge in [-0.2, -0.15) is 13.2 Å². The normalized spacial score (nSPS) is 11.9. The molecule has 0 bridgehead atoms. The lowest BCUT2D eigenvalue weighted by atomic mass is 10.2. The molecule has 6 heteroatoms. The lowest BCUT2D eigenvalue weighted by molar-refractivity contribution is -0.137. The molecule has 0 fully saturated rings. The minimum absolute atomic E-state index is 0.0670. The number of halogens is 3. The summed E-state index contributed by atoms with van der Waals surface area (Å²) >= 11 is 0. The van der Waals surface area contributed by atoms with E-state index in [1.54, 1.807) is 5.32 Å². The Morgan fingerprint density at radius 1 is 1.27 bits per heavy atom. The van der Waals surface area contributed by atoms with Crippen molar-refractivity contribution in [1.82, 2.24) is 10.6 Å². The van der Waals surface area contributed by atoms with E-state index in [9.17, 15) is 18.0 Å². The zero-order valence-electron chi connectivity index (χ0n) is 8.95. The zero-order chi connectivity index (χ0) is 11.9. The van der Waals surface area contributed by atoms with Crippen molar-refractivity contribution in [3.63, 3.8) is 0 Å². The first kappa shape index (κ1) is 14.2. The number of amides is 1. The van der Waals surface area contributed by atoms with Gasteiger partial charge in [0.2, 0.25) is 5.91 Å². The standard InChI is InChI=1S/C9H17F3N2O/c1-3-7(4-2)13-5-8(15)14-6-9(10,11)12/h7,13H,3-6H2,1-2H3,(H,14,15). The topological polar surface area (TPSA) is 41.1 Å². The van der Waals surface area contributed by atoms with E-state index in [4.69, 9.17) is 0 Å². The molecule has 1 amide bonds. The molecule has 90 valence electrons. The van der Waals surface area contributed by atoms with Crippen molar-refractivity contribution in [2.75, 3.05) is 13.1 Å². The number of hydrogen-bond donors (Lipinski definition) is 2. The zero-order valence-corrected chi connectivity index (χ0v) is 8.95. The highest BCUT2D eigenvalue weighted by molar-refractivity contribution is 5.78. The van der Waals surface area contributed by atoms with Gasteiger partial charge in [-0.25, -0.2) is 0 Å². The summed E-state index contributed by atoms with van der Waals surface area (Å²) in [5, 5.41) is 4.68. The fraction of sp³-hybridized carbons (Fsp3) is 0.889. The second kappa shape index (κ2) is 6.66. The molecular weight excluding hydrogens is 209 g/mol. The van der Waals surface area contributed by atoms with Gasteiger partial charge in [0.1, 0.15) is 6.54 Å². The summed E-state index contributed by atoms with van der Waals surface area (Å²) in [6.45, 7) is 2.57. The summed E-state index contributed by atoms with van der Waals surface area (Å²) in [7, 11) is 0.